The van der Waals surface area contributed by atoms with Crippen molar-refractivity contribution in [3.63, 3.8) is 0 Å². The van der Waals surface area contributed by atoms with E-state index in [9.17, 15) is 18.0 Å². The molecule has 1 rings (SSSR count). The molecule has 0 aromatic carbocycles. The van der Waals surface area contributed by atoms with E-state index in [0.717, 1.165) is 18.6 Å². The summed E-state index contributed by atoms with van der Waals surface area (Å²) in [7, 11) is -4.17. The van der Waals surface area contributed by atoms with Crippen LogP contribution in [0.5, 0.6) is 0 Å². The molecule has 0 bridgehead atoms. The first-order chi connectivity index (χ1) is 10.3. The van der Waals surface area contributed by atoms with E-state index in [-0.39, 0.29) is 18.8 Å². The van der Waals surface area contributed by atoms with Gasteiger partial charge in [0.05, 0.1) is 6.61 Å². The molecule has 1 atom stereocenters. The Morgan fingerprint density at radius 3 is 2.59 bits per heavy atom. The zero-order valence-electron chi connectivity index (χ0n) is 12.4. The topological polar surface area (TPSA) is 123 Å². The normalized spacial score (nSPS) is 12.8. The summed E-state index contributed by atoms with van der Waals surface area (Å²) in [6, 6.07) is 0.989. The first kappa shape index (κ1) is 18.2. The number of carbonyl (C=O) groups excluding carboxylic acids is 1. The van der Waals surface area contributed by atoms with Crippen LogP contribution >= 0.6 is 0 Å². The lowest BCUT2D eigenvalue weighted by molar-refractivity contribution is -0.139. The van der Waals surface area contributed by atoms with Crippen LogP contribution in [0, 0.1) is 0 Å². The van der Waals surface area contributed by atoms with Crippen LogP contribution in [0.2, 0.25) is 0 Å². The Labute approximate surface area is 128 Å². The Hall–Kier alpha value is -1.87. The largest absolute Gasteiger partial charge is 0.480 e. The Balaban J connectivity index is 2.89. The smallest absolute Gasteiger partial charge is 0.374 e. The number of ether oxygens (including phenoxy) is 1. The standard InChI is InChI=1S/C13H19NO7S/c1-3-5-6-9(12(15)16)14-22(18,19)11-8-7-10(21-11)13(17)20-4-2/h7-9,14H,3-6H2,1-2H3,(H,15,16)/t9-/m0/s1. The van der Waals surface area contributed by atoms with E-state index in [4.69, 9.17) is 9.52 Å². The molecule has 0 fully saturated rings. The van der Waals surface area contributed by atoms with Gasteiger partial charge in [-0.25, -0.2) is 13.2 Å². The molecule has 22 heavy (non-hydrogen) atoms. The lowest BCUT2D eigenvalue weighted by Crippen LogP contribution is -2.40. The molecule has 1 aromatic rings. The van der Waals surface area contributed by atoms with Crippen LogP contribution in [-0.4, -0.2) is 38.1 Å². The third kappa shape index (κ3) is 4.85. The van der Waals surface area contributed by atoms with Crippen LogP contribution in [0.15, 0.2) is 21.6 Å². The second-order valence-corrected chi connectivity index (χ2v) is 6.14. The maximum absolute atomic E-state index is 12.1. The number of sulfonamides is 1. The molecule has 0 aliphatic rings. The van der Waals surface area contributed by atoms with Gasteiger partial charge in [-0.05, 0) is 25.5 Å². The number of unbranched alkanes of at least 4 members (excludes halogenated alkanes) is 1. The van der Waals surface area contributed by atoms with Crippen LogP contribution < -0.4 is 4.72 Å². The highest BCUT2D eigenvalue weighted by Gasteiger charge is 2.28. The average Bonchev–Trinajstić information content (AvgIpc) is 2.94. The molecule has 8 nitrogen and oxygen atoms in total. The lowest BCUT2D eigenvalue weighted by atomic mass is 10.1. The fraction of sp³-hybridized carbons (Fsp3) is 0.538. The van der Waals surface area contributed by atoms with Crippen LogP contribution in [0.4, 0.5) is 0 Å². The van der Waals surface area contributed by atoms with Gasteiger partial charge < -0.3 is 14.3 Å². The number of hydrogen-bond donors (Lipinski definition) is 2. The minimum Gasteiger partial charge on any atom is -0.480 e. The number of aliphatic carboxylic acids is 1. The van der Waals surface area contributed by atoms with Gasteiger partial charge in [0, 0.05) is 0 Å². The van der Waals surface area contributed by atoms with Crippen LogP contribution in [0.25, 0.3) is 0 Å². The Morgan fingerprint density at radius 1 is 1.36 bits per heavy atom. The van der Waals surface area contributed by atoms with Crippen molar-refractivity contribution in [2.24, 2.45) is 0 Å². The van der Waals surface area contributed by atoms with Crippen LogP contribution in [0.3, 0.4) is 0 Å². The fourth-order valence-corrected chi connectivity index (χ4v) is 2.82. The van der Waals surface area contributed by atoms with Crippen LogP contribution in [0.1, 0.15) is 43.7 Å². The highest BCUT2D eigenvalue weighted by molar-refractivity contribution is 7.89. The van der Waals surface area contributed by atoms with Crippen molar-refractivity contribution in [3.8, 4) is 0 Å². The second-order valence-electron chi connectivity index (χ2n) is 4.49. The van der Waals surface area contributed by atoms with E-state index in [2.05, 4.69) is 9.46 Å². The number of nitrogens with one attached hydrogen (secondary N) is 1. The lowest BCUT2D eigenvalue weighted by Gasteiger charge is -2.12. The first-order valence-corrected chi connectivity index (χ1v) is 8.32. The van der Waals surface area contributed by atoms with E-state index in [1.54, 1.807) is 6.92 Å². The second kappa shape index (κ2) is 7.95. The molecule has 0 aliphatic carbocycles. The van der Waals surface area contributed by atoms with Gasteiger partial charge in [0.15, 0.2) is 0 Å². The van der Waals surface area contributed by atoms with Gasteiger partial charge in [0.2, 0.25) is 10.9 Å². The summed E-state index contributed by atoms with van der Waals surface area (Å²) < 4.78 is 35.8. The van der Waals surface area contributed by atoms with Crippen molar-refractivity contribution in [1.29, 1.82) is 0 Å². The molecular formula is C13H19NO7S. The summed E-state index contributed by atoms with van der Waals surface area (Å²) in [6.07, 6.45) is 1.46. The van der Waals surface area contributed by atoms with E-state index in [0.29, 0.717) is 6.42 Å². The maximum atomic E-state index is 12.1. The van der Waals surface area contributed by atoms with Gasteiger partial charge in [0.1, 0.15) is 6.04 Å². The van der Waals surface area contributed by atoms with Crippen molar-refractivity contribution >= 4 is 22.0 Å². The predicted octanol–water partition coefficient (Wildman–Crippen LogP) is 1.38. The average molecular weight is 333 g/mol. The van der Waals surface area contributed by atoms with Gasteiger partial charge in [-0.1, -0.05) is 19.8 Å². The number of carbonyl (C=O) groups is 2. The van der Waals surface area contributed by atoms with E-state index in [1.165, 1.54) is 0 Å². The number of rotatable bonds is 9. The predicted molar refractivity (Wildman–Crippen MR) is 75.9 cm³/mol. The molecule has 2 N–H and O–H groups in total. The fourth-order valence-electron chi connectivity index (χ4n) is 1.66. The molecule has 124 valence electrons. The monoisotopic (exact) mass is 333 g/mol. The third-order valence-electron chi connectivity index (χ3n) is 2.76. The number of esters is 1. The zero-order valence-corrected chi connectivity index (χ0v) is 13.2. The Bertz CT molecular complexity index is 620. The van der Waals surface area contributed by atoms with Gasteiger partial charge in [0.25, 0.3) is 10.0 Å². The molecule has 1 heterocycles. The molecule has 9 heteroatoms. The summed E-state index contributed by atoms with van der Waals surface area (Å²) in [5, 5.41) is 8.51. The molecule has 0 saturated carbocycles. The van der Waals surface area contributed by atoms with Crippen molar-refractivity contribution in [2.75, 3.05) is 6.61 Å². The minimum atomic E-state index is -4.17. The van der Waals surface area contributed by atoms with Gasteiger partial charge >= 0.3 is 11.9 Å². The van der Waals surface area contributed by atoms with E-state index in [1.807, 2.05) is 6.92 Å². The molecule has 0 radical (unpaired) electrons. The van der Waals surface area contributed by atoms with Gasteiger partial charge in [-0.3, -0.25) is 4.79 Å². The Morgan fingerprint density at radius 2 is 2.05 bits per heavy atom. The Kier molecular flexibility index (Phi) is 6.57. The molecule has 0 unspecified atom stereocenters. The molecule has 0 spiro atoms. The molecular weight excluding hydrogens is 314 g/mol. The van der Waals surface area contributed by atoms with Crippen molar-refractivity contribution < 1.29 is 32.3 Å². The van der Waals surface area contributed by atoms with Gasteiger partial charge in [-0.2, -0.15) is 4.72 Å². The van der Waals surface area contributed by atoms with Crippen molar-refractivity contribution in [1.82, 2.24) is 4.72 Å². The molecule has 0 aliphatic heterocycles. The minimum absolute atomic E-state index is 0.123. The van der Waals surface area contributed by atoms with Gasteiger partial charge in [-0.15, -0.1) is 0 Å². The number of carboxylic acid groups (broad SMARTS) is 1. The molecule has 0 saturated heterocycles. The summed E-state index contributed by atoms with van der Waals surface area (Å²) in [4.78, 5) is 22.5. The summed E-state index contributed by atoms with van der Waals surface area (Å²) >= 11 is 0. The molecule has 1 aromatic heterocycles. The highest BCUT2D eigenvalue weighted by atomic mass is 32.2. The number of hydrogen-bond acceptors (Lipinski definition) is 6. The summed E-state index contributed by atoms with van der Waals surface area (Å²) in [6.45, 7) is 3.59. The van der Waals surface area contributed by atoms with E-state index >= 15 is 0 Å². The molecule has 0 amide bonds. The first-order valence-electron chi connectivity index (χ1n) is 6.83. The quantitative estimate of drug-likeness (QED) is 0.654. The van der Waals surface area contributed by atoms with Crippen molar-refractivity contribution in [3.05, 3.63) is 17.9 Å². The zero-order chi connectivity index (χ0) is 16.8. The summed E-state index contributed by atoms with van der Waals surface area (Å²) in [5.74, 6) is -2.32. The van der Waals surface area contributed by atoms with Crippen LogP contribution in [-0.2, 0) is 19.6 Å². The maximum Gasteiger partial charge on any atom is 0.374 e. The van der Waals surface area contributed by atoms with Crippen molar-refractivity contribution in [2.45, 2.75) is 44.2 Å². The number of carboxylic acids is 1. The summed E-state index contributed by atoms with van der Waals surface area (Å²) in [5.41, 5.74) is 0. The number of furan rings is 1. The third-order valence-corrected chi connectivity index (χ3v) is 4.11. The highest BCUT2D eigenvalue weighted by Crippen LogP contribution is 2.16. The van der Waals surface area contributed by atoms with E-state index < -0.39 is 33.1 Å². The SMILES string of the molecule is CCCC[C@H](NS(=O)(=O)c1ccc(C(=O)OCC)o1)C(=O)O.